The minimum absolute atomic E-state index is 0. The van der Waals surface area contributed by atoms with Crippen molar-refractivity contribution in [3.63, 3.8) is 0 Å². The quantitative estimate of drug-likeness (QED) is 0.530. The predicted octanol–water partition coefficient (Wildman–Crippen LogP) is -0.773. The molecule has 0 bridgehead atoms. The van der Waals surface area contributed by atoms with Crippen molar-refractivity contribution in [3.8, 4) is 5.75 Å². The lowest BCUT2D eigenvalue weighted by molar-refractivity contribution is 0.475. The van der Waals surface area contributed by atoms with Crippen LogP contribution in [-0.2, 0) is 0 Å². The Morgan fingerprint density at radius 3 is 1.55 bits per heavy atom. The van der Waals surface area contributed by atoms with Crippen molar-refractivity contribution in [1.29, 1.82) is 0 Å². The monoisotopic (exact) mass is 162 g/mol. The Balaban J connectivity index is -0.000000213. The summed E-state index contributed by atoms with van der Waals surface area (Å²) < 4.78 is 0. The summed E-state index contributed by atoms with van der Waals surface area (Å²) in [6.07, 6.45) is 0. The van der Waals surface area contributed by atoms with Gasteiger partial charge in [0.25, 0.3) is 0 Å². The first-order valence-corrected chi connectivity index (χ1v) is 2.54. The molecule has 0 fully saturated rings. The molecule has 0 radical (unpaired) electrons. The minimum Gasteiger partial charge on any atom is -0.508 e. The molecule has 11 heavy (non-hydrogen) atoms. The van der Waals surface area contributed by atoms with E-state index >= 15 is 0 Å². The van der Waals surface area contributed by atoms with Crippen molar-refractivity contribution in [2.45, 2.75) is 6.92 Å². The molecule has 4 heteroatoms. The second-order valence-electron chi connectivity index (χ2n) is 1.84. The number of hydrogen-bond donors (Lipinski definition) is 1. The molecule has 0 saturated carbocycles. The van der Waals surface area contributed by atoms with Gasteiger partial charge in [0, 0.05) is 0 Å². The maximum Gasteiger partial charge on any atom is 0.115 e. The molecule has 0 unspecified atom stereocenters. The molecule has 0 aliphatic carbocycles. The van der Waals surface area contributed by atoms with Gasteiger partial charge in [0.05, 0.1) is 0 Å². The molecule has 1 rings (SSSR count). The van der Waals surface area contributed by atoms with Gasteiger partial charge in [-0.2, -0.15) is 0 Å². The Kier molecular flexibility index (Phi) is 10.5. The summed E-state index contributed by atoms with van der Waals surface area (Å²) in [6, 6.07) is 7.09. The summed E-state index contributed by atoms with van der Waals surface area (Å²) in [5.41, 5.74) is 1.17. The van der Waals surface area contributed by atoms with E-state index in [0.29, 0.717) is 5.75 Å². The van der Waals surface area contributed by atoms with Crippen molar-refractivity contribution in [1.82, 2.24) is 0 Å². The van der Waals surface area contributed by atoms with Gasteiger partial charge in [0.15, 0.2) is 0 Å². The van der Waals surface area contributed by atoms with Gasteiger partial charge in [-0.05, 0) is 19.1 Å². The summed E-state index contributed by atoms with van der Waals surface area (Å²) in [4.78, 5) is 0. The molecule has 0 saturated heterocycles. The lowest BCUT2D eigenvalue weighted by Crippen LogP contribution is -1.66. The van der Waals surface area contributed by atoms with Crippen molar-refractivity contribution in [2.75, 3.05) is 0 Å². The van der Waals surface area contributed by atoms with Crippen LogP contribution in [0.2, 0.25) is 0 Å². The van der Waals surface area contributed by atoms with Crippen LogP contribution in [0.15, 0.2) is 24.3 Å². The summed E-state index contributed by atoms with van der Waals surface area (Å²) >= 11 is 0. The highest BCUT2D eigenvalue weighted by Crippen LogP contribution is 2.07. The lowest BCUT2D eigenvalue weighted by Gasteiger charge is -1.89. The van der Waals surface area contributed by atoms with Crippen molar-refractivity contribution >= 4 is 0 Å². The van der Waals surface area contributed by atoms with Crippen LogP contribution in [0, 0.1) is 6.92 Å². The van der Waals surface area contributed by atoms with Crippen molar-refractivity contribution in [2.24, 2.45) is 0 Å². The molecule has 1 aromatic rings. The van der Waals surface area contributed by atoms with Gasteiger partial charge in [-0.25, -0.2) is 0 Å². The van der Waals surface area contributed by atoms with Crippen LogP contribution in [-0.4, -0.2) is 21.5 Å². The summed E-state index contributed by atoms with van der Waals surface area (Å²) in [5, 5.41) is 8.76. The number of phenolic OH excluding ortho intramolecular Hbond substituents is 1. The summed E-state index contributed by atoms with van der Waals surface area (Å²) in [5.74, 6) is 0.329. The van der Waals surface area contributed by atoms with Crippen molar-refractivity contribution in [3.05, 3.63) is 29.8 Å². The van der Waals surface area contributed by atoms with Crippen LogP contribution in [0.5, 0.6) is 5.75 Å². The largest absolute Gasteiger partial charge is 0.508 e. The maximum atomic E-state index is 8.76. The van der Waals surface area contributed by atoms with Crippen LogP contribution >= 0.6 is 0 Å². The van der Waals surface area contributed by atoms with E-state index in [1.54, 1.807) is 12.1 Å². The van der Waals surface area contributed by atoms with Crippen LogP contribution in [0.4, 0.5) is 0 Å². The van der Waals surface area contributed by atoms with E-state index in [4.69, 9.17) is 5.11 Å². The third-order valence-corrected chi connectivity index (χ3v) is 1.03. The highest BCUT2D eigenvalue weighted by atomic mass is 16.3. The smallest absolute Gasteiger partial charge is 0.115 e. The Hall–Kier alpha value is -1.10. The van der Waals surface area contributed by atoms with Crippen LogP contribution in [0.25, 0.3) is 0 Å². The lowest BCUT2D eigenvalue weighted by atomic mass is 10.2. The van der Waals surface area contributed by atoms with Crippen LogP contribution in [0.1, 0.15) is 5.56 Å². The number of phenols is 1. The Bertz CT molecular complexity index is 149. The molecular weight excluding hydrogens is 148 g/mol. The fourth-order valence-corrected chi connectivity index (χ4v) is 0.545. The molecule has 1 aromatic carbocycles. The molecule has 0 aromatic heterocycles. The fraction of sp³-hybridized carbons (Fsp3) is 0.143. The van der Waals surface area contributed by atoms with E-state index in [0.717, 1.165) is 0 Å². The molecule has 0 heterocycles. The molecule has 0 aliphatic heterocycles. The van der Waals surface area contributed by atoms with E-state index < -0.39 is 0 Å². The summed E-state index contributed by atoms with van der Waals surface area (Å²) in [6.45, 7) is 1.99. The van der Waals surface area contributed by atoms with Gasteiger partial charge in [0.2, 0.25) is 0 Å². The average Bonchev–Trinajstić information content (AvgIpc) is 1.77. The van der Waals surface area contributed by atoms with Crippen molar-refractivity contribution < 1.29 is 21.5 Å². The van der Waals surface area contributed by atoms with Crippen LogP contribution in [0.3, 0.4) is 0 Å². The summed E-state index contributed by atoms with van der Waals surface area (Å²) in [7, 11) is 0. The van der Waals surface area contributed by atoms with E-state index in [1.807, 2.05) is 19.1 Å². The molecule has 4 nitrogen and oxygen atoms in total. The van der Waals surface area contributed by atoms with Crippen LogP contribution < -0.4 is 0 Å². The third kappa shape index (κ3) is 5.35. The van der Waals surface area contributed by atoms with E-state index in [2.05, 4.69) is 0 Å². The highest BCUT2D eigenvalue weighted by molar-refractivity contribution is 5.24. The fourth-order valence-electron chi connectivity index (χ4n) is 0.545. The van der Waals surface area contributed by atoms with Gasteiger partial charge < -0.3 is 21.5 Å². The Labute approximate surface area is 65.0 Å². The van der Waals surface area contributed by atoms with E-state index in [-0.39, 0.29) is 16.4 Å². The van der Waals surface area contributed by atoms with E-state index in [9.17, 15) is 0 Å². The maximum absolute atomic E-state index is 8.76. The van der Waals surface area contributed by atoms with Gasteiger partial charge >= 0.3 is 0 Å². The normalized spacial score (nSPS) is 6.64. The molecule has 0 atom stereocenters. The number of hydrogen-bond acceptors (Lipinski definition) is 1. The SMILES string of the molecule is Cc1ccc(O)cc1.O.O.O. The first-order chi connectivity index (χ1) is 3.79. The Morgan fingerprint density at radius 1 is 0.909 bits per heavy atom. The molecular formula is C7H14O4. The highest BCUT2D eigenvalue weighted by Gasteiger charge is 1.82. The van der Waals surface area contributed by atoms with Gasteiger partial charge in [-0.3, -0.25) is 0 Å². The zero-order valence-corrected chi connectivity index (χ0v) is 6.26. The molecule has 0 spiro atoms. The van der Waals surface area contributed by atoms with Gasteiger partial charge in [0.1, 0.15) is 5.75 Å². The van der Waals surface area contributed by atoms with E-state index in [1.165, 1.54) is 5.56 Å². The topological polar surface area (TPSA) is 115 Å². The molecule has 66 valence electrons. The number of aromatic hydroxyl groups is 1. The number of rotatable bonds is 0. The predicted molar refractivity (Wildman–Crippen MR) is 43.7 cm³/mol. The Morgan fingerprint density at radius 2 is 1.27 bits per heavy atom. The first kappa shape index (κ1) is 16.5. The minimum atomic E-state index is 0. The number of benzene rings is 1. The molecule has 7 N–H and O–H groups in total. The molecule has 0 amide bonds. The third-order valence-electron chi connectivity index (χ3n) is 1.03. The van der Waals surface area contributed by atoms with Gasteiger partial charge in [-0.15, -0.1) is 0 Å². The zero-order valence-electron chi connectivity index (χ0n) is 6.26. The second-order valence-corrected chi connectivity index (χ2v) is 1.84. The second kappa shape index (κ2) is 7.01. The number of aryl methyl sites for hydroxylation is 1. The van der Waals surface area contributed by atoms with Gasteiger partial charge in [-0.1, -0.05) is 17.7 Å². The first-order valence-electron chi connectivity index (χ1n) is 2.54. The molecule has 0 aliphatic rings. The zero-order chi connectivity index (χ0) is 5.98. The average molecular weight is 162 g/mol. The standard InChI is InChI=1S/C7H8O.3H2O/c1-6-2-4-7(8)5-3-6;;;/h2-5,8H,1H3;3*1H2.